The van der Waals surface area contributed by atoms with E-state index in [2.05, 4.69) is 10.3 Å². The molecule has 27 heavy (non-hydrogen) atoms. The Balaban J connectivity index is 1.68. The Morgan fingerprint density at radius 2 is 1.74 bits per heavy atom. The van der Waals surface area contributed by atoms with Crippen LogP contribution in [-0.4, -0.2) is 15.3 Å². The molecule has 0 fully saturated rings. The molecule has 1 amide bonds. The molecule has 0 saturated carbocycles. The number of nitrogens with one attached hydrogen (secondary N) is 1. The smallest absolute Gasteiger partial charge is 0.229 e. The number of nitrogens with zero attached hydrogens (tertiary/aromatic N) is 2. The second-order valence-corrected chi connectivity index (χ2v) is 6.89. The average molecular weight is 396 g/mol. The van der Waals surface area contributed by atoms with Crippen molar-refractivity contribution < 1.29 is 4.79 Å². The zero-order valence-electron chi connectivity index (χ0n) is 14.2. The van der Waals surface area contributed by atoms with Crippen LogP contribution in [-0.2, 0) is 11.2 Å². The first-order valence-electron chi connectivity index (χ1n) is 8.38. The van der Waals surface area contributed by atoms with Gasteiger partial charge in [-0.1, -0.05) is 65.7 Å². The number of hydrogen-bond acceptors (Lipinski definition) is 2. The van der Waals surface area contributed by atoms with Crippen LogP contribution in [0.4, 0.5) is 5.82 Å². The van der Waals surface area contributed by atoms with Crippen LogP contribution in [0.1, 0.15) is 5.56 Å². The largest absolute Gasteiger partial charge is 0.310 e. The van der Waals surface area contributed by atoms with Crippen molar-refractivity contribution in [3.63, 3.8) is 0 Å². The molecule has 4 aromatic rings. The first-order valence-corrected chi connectivity index (χ1v) is 9.14. The summed E-state index contributed by atoms with van der Waals surface area (Å²) in [7, 11) is 0. The highest BCUT2D eigenvalue weighted by Crippen LogP contribution is 2.29. The number of imidazole rings is 1. The molecule has 0 saturated heterocycles. The quantitative estimate of drug-likeness (QED) is 0.496. The molecule has 6 heteroatoms. The third kappa shape index (κ3) is 3.68. The summed E-state index contributed by atoms with van der Waals surface area (Å²) >= 11 is 12.0. The van der Waals surface area contributed by atoms with Gasteiger partial charge in [0.1, 0.15) is 17.2 Å². The van der Waals surface area contributed by atoms with Crippen LogP contribution in [0.5, 0.6) is 0 Å². The summed E-state index contributed by atoms with van der Waals surface area (Å²) in [5.41, 5.74) is 3.22. The van der Waals surface area contributed by atoms with Crippen LogP contribution < -0.4 is 5.32 Å². The summed E-state index contributed by atoms with van der Waals surface area (Å²) in [6.45, 7) is 0. The molecule has 4 rings (SSSR count). The van der Waals surface area contributed by atoms with Gasteiger partial charge in [-0.25, -0.2) is 4.98 Å². The number of amides is 1. The van der Waals surface area contributed by atoms with Crippen molar-refractivity contribution in [1.29, 1.82) is 0 Å². The Hall–Kier alpha value is -2.82. The number of anilines is 1. The zero-order valence-corrected chi connectivity index (χ0v) is 15.7. The van der Waals surface area contributed by atoms with Gasteiger partial charge in [0.25, 0.3) is 0 Å². The van der Waals surface area contributed by atoms with Gasteiger partial charge in [0.2, 0.25) is 5.91 Å². The van der Waals surface area contributed by atoms with E-state index >= 15 is 0 Å². The molecule has 0 atom stereocenters. The van der Waals surface area contributed by atoms with Crippen LogP contribution in [0.2, 0.25) is 10.0 Å². The van der Waals surface area contributed by atoms with Crippen LogP contribution in [0, 0.1) is 0 Å². The molecule has 0 spiro atoms. The van der Waals surface area contributed by atoms with Crippen LogP contribution in [0.15, 0.2) is 72.9 Å². The van der Waals surface area contributed by atoms with Crippen molar-refractivity contribution in [2.45, 2.75) is 6.42 Å². The minimum atomic E-state index is -0.156. The lowest BCUT2D eigenvalue weighted by Crippen LogP contribution is -2.16. The topological polar surface area (TPSA) is 46.4 Å². The molecule has 0 aliphatic heterocycles. The van der Waals surface area contributed by atoms with Crippen molar-refractivity contribution in [2.75, 3.05) is 5.32 Å². The molecule has 2 aromatic carbocycles. The lowest BCUT2D eigenvalue weighted by atomic mass is 10.1. The number of aromatic nitrogens is 2. The van der Waals surface area contributed by atoms with Crippen LogP contribution in [0.3, 0.4) is 0 Å². The fourth-order valence-corrected chi connectivity index (χ4v) is 3.24. The van der Waals surface area contributed by atoms with Gasteiger partial charge in [0.05, 0.1) is 16.5 Å². The molecule has 0 aliphatic carbocycles. The third-order valence-corrected chi connectivity index (χ3v) is 4.92. The summed E-state index contributed by atoms with van der Waals surface area (Å²) in [6, 6.07) is 20.7. The summed E-state index contributed by atoms with van der Waals surface area (Å²) in [6.07, 6.45) is 2.06. The second kappa shape index (κ2) is 7.43. The number of halogens is 2. The maximum atomic E-state index is 12.7. The predicted octanol–water partition coefficient (Wildman–Crippen LogP) is 5.49. The van der Waals surface area contributed by atoms with Crippen LogP contribution >= 0.6 is 23.2 Å². The normalized spacial score (nSPS) is 10.9. The van der Waals surface area contributed by atoms with Gasteiger partial charge in [-0.05, 0) is 29.8 Å². The van der Waals surface area contributed by atoms with Crippen molar-refractivity contribution in [3.05, 3.63) is 88.5 Å². The van der Waals surface area contributed by atoms with E-state index in [1.165, 1.54) is 0 Å². The Labute approximate surface area is 166 Å². The van der Waals surface area contributed by atoms with Gasteiger partial charge in [0.15, 0.2) is 0 Å². The zero-order chi connectivity index (χ0) is 18.8. The summed E-state index contributed by atoms with van der Waals surface area (Å²) in [5, 5.41) is 3.90. The van der Waals surface area contributed by atoms with E-state index in [1.807, 2.05) is 59.1 Å². The number of carbonyl (C=O) groups is 1. The molecular formula is C21H15Cl2N3O. The molecule has 1 N–H and O–H groups in total. The van der Waals surface area contributed by atoms with Crippen molar-refractivity contribution in [1.82, 2.24) is 9.38 Å². The molecule has 2 heterocycles. The minimum absolute atomic E-state index is 0.156. The number of carbonyl (C=O) groups excluding carboxylic acids is 1. The van der Waals surface area contributed by atoms with E-state index in [0.717, 1.165) is 22.5 Å². The van der Waals surface area contributed by atoms with Crippen LogP contribution in [0.25, 0.3) is 16.9 Å². The maximum Gasteiger partial charge on any atom is 0.229 e. The van der Waals surface area contributed by atoms with E-state index in [-0.39, 0.29) is 12.3 Å². The molecule has 4 nitrogen and oxygen atoms in total. The highest BCUT2D eigenvalue weighted by molar-refractivity contribution is 6.42. The monoisotopic (exact) mass is 395 g/mol. The fraction of sp³-hybridized carbons (Fsp3) is 0.0476. The van der Waals surface area contributed by atoms with Gasteiger partial charge in [-0.3, -0.25) is 9.20 Å². The Kier molecular flexibility index (Phi) is 4.84. The van der Waals surface area contributed by atoms with Crippen molar-refractivity contribution >= 4 is 40.6 Å². The number of rotatable bonds is 4. The van der Waals surface area contributed by atoms with E-state index in [0.29, 0.717) is 15.9 Å². The standard InChI is InChI=1S/C21H15Cl2N3O/c22-16-10-9-14(12-17(16)23)13-19(27)25-21-20(15-6-2-1-3-7-15)24-18-8-4-5-11-26(18)21/h1-12H,13H2,(H,25,27). The molecule has 134 valence electrons. The molecule has 0 aliphatic rings. The summed E-state index contributed by atoms with van der Waals surface area (Å²) in [5.74, 6) is 0.484. The van der Waals surface area contributed by atoms with Gasteiger partial charge < -0.3 is 5.32 Å². The SMILES string of the molecule is O=C(Cc1ccc(Cl)c(Cl)c1)Nc1c(-c2ccccc2)nc2ccccn12. The molecule has 2 aromatic heterocycles. The first-order chi connectivity index (χ1) is 13.1. The Morgan fingerprint density at radius 1 is 0.963 bits per heavy atom. The van der Waals surface area contributed by atoms with E-state index < -0.39 is 0 Å². The van der Waals surface area contributed by atoms with Crippen molar-refractivity contribution in [2.24, 2.45) is 0 Å². The molecule has 0 radical (unpaired) electrons. The highest BCUT2D eigenvalue weighted by atomic mass is 35.5. The molecular weight excluding hydrogens is 381 g/mol. The Morgan fingerprint density at radius 3 is 2.52 bits per heavy atom. The fourth-order valence-electron chi connectivity index (χ4n) is 2.92. The predicted molar refractivity (Wildman–Crippen MR) is 109 cm³/mol. The van der Waals surface area contributed by atoms with E-state index in [9.17, 15) is 4.79 Å². The summed E-state index contributed by atoms with van der Waals surface area (Å²) in [4.78, 5) is 17.4. The number of pyridine rings is 1. The molecule has 0 unspecified atom stereocenters. The minimum Gasteiger partial charge on any atom is -0.310 e. The Bertz CT molecular complexity index is 1120. The van der Waals surface area contributed by atoms with Gasteiger partial charge in [0, 0.05) is 11.8 Å². The lowest BCUT2D eigenvalue weighted by molar-refractivity contribution is -0.115. The lowest BCUT2D eigenvalue weighted by Gasteiger charge is -2.08. The van der Waals surface area contributed by atoms with E-state index in [4.69, 9.17) is 23.2 Å². The average Bonchev–Trinajstić information content (AvgIpc) is 3.04. The van der Waals surface area contributed by atoms with Gasteiger partial charge >= 0.3 is 0 Å². The third-order valence-electron chi connectivity index (χ3n) is 4.18. The van der Waals surface area contributed by atoms with E-state index in [1.54, 1.807) is 18.2 Å². The molecule has 0 bridgehead atoms. The van der Waals surface area contributed by atoms with Gasteiger partial charge in [-0.2, -0.15) is 0 Å². The number of hydrogen-bond donors (Lipinski definition) is 1. The highest BCUT2D eigenvalue weighted by Gasteiger charge is 2.16. The first kappa shape index (κ1) is 17.6. The summed E-state index contributed by atoms with van der Waals surface area (Å²) < 4.78 is 1.87. The number of fused-ring (bicyclic) bond motifs is 1. The van der Waals surface area contributed by atoms with Gasteiger partial charge in [-0.15, -0.1) is 0 Å². The van der Waals surface area contributed by atoms with Crippen molar-refractivity contribution in [3.8, 4) is 11.3 Å². The second-order valence-electron chi connectivity index (χ2n) is 6.08. The maximum absolute atomic E-state index is 12.7. The number of benzene rings is 2.